The summed E-state index contributed by atoms with van der Waals surface area (Å²) < 4.78 is 1.57. The molecule has 1 aromatic carbocycles. The summed E-state index contributed by atoms with van der Waals surface area (Å²) in [5, 5.41) is 11.5. The third kappa shape index (κ3) is 2.43. The molecule has 0 aliphatic heterocycles. The fraction of sp³-hybridized carbons (Fsp3) is 0.111. The van der Waals surface area contributed by atoms with E-state index >= 15 is 0 Å². The van der Waals surface area contributed by atoms with Gasteiger partial charge in [0.25, 0.3) is 0 Å². The number of benzene rings is 1. The summed E-state index contributed by atoms with van der Waals surface area (Å²) in [5.74, 6) is -1.03. The van der Waals surface area contributed by atoms with Gasteiger partial charge in [-0.1, -0.05) is 30.3 Å². The van der Waals surface area contributed by atoms with Crippen molar-refractivity contribution < 1.29 is 9.90 Å². The summed E-state index contributed by atoms with van der Waals surface area (Å²) in [6.07, 6.45) is 0. The first-order valence-electron chi connectivity index (χ1n) is 6.99. The van der Waals surface area contributed by atoms with Gasteiger partial charge in [-0.3, -0.25) is 0 Å². The second-order valence-electron chi connectivity index (χ2n) is 5.19. The molecule has 2 aromatic heterocycles. The highest BCUT2D eigenvalue weighted by atomic mass is 32.1. The molecule has 0 saturated carbocycles. The zero-order valence-electron chi connectivity index (χ0n) is 12.7. The average Bonchev–Trinajstić information content (AvgIpc) is 3.15. The Hall–Kier alpha value is -2.84. The van der Waals surface area contributed by atoms with Crippen molar-refractivity contribution in [2.24, 2.45) is 7.05 Å². The van der Waals surface area contributed by atoms with Crippen molar-refractivity contribution in [1.29, 1.82) is 0 Å². The molecule has 0 bridgehead atoms. The number of thiophene rings is 1. The fourth-order valence-corrected chi connectivity index (χ4v) is 3.42. The lowest BCUT2D eigenvalue weighted by Crippen LogP contribution is -2.06. The van der Waals surface area contributed by atoms with Crippen molar-refractivity contribution in [2.75, 3.05) is 0 Å². The Balaban J connectivity index is 2.17. The normalized spacial score (nSPS) is 10.5. The summed E-state index contributed by atoms with van der Waals surface area (Å²) in [6, 6.07) is 11.7. The van der Waals surface area contributed by atoms with E-state index in [1.807, 2.05) is 41.8 Å². The van der Waals surface area contributed by atoms with E-state index in [1.54, 1.807) is 29.9 Å². The Bertz CT molecular complexity index is 914. The molecule has 0 aliphatic carbocycles. The van der Waals surface area contributed by atoms with Crippen LogP contribution in [0.5, 0.6) is 0 Å². The molecule has 0 unspecified atom stereocenters. The number of hydrogen-bond acceptors (Lipinski definition) is 2. The van der Waals surface area contributed by atoms with Crippen LogP contribution >= 0.6 is 11.3 Å². The first-order chi connectivity index (χ1) is 11.0. The molecule has 0 fully saturated rings. The maximum absolute atomic E-state index is 11.6. The molecular weight excluding hydrogens is 308 g/mol. The summed E-state index contributed by atoms with van der Waals surface area (Å²) in [6.45, 7) is 9.17. The van der Waals surface area contributed by atoms with E-state index in [9.17, 15) is 9.90 Å². The number of hydrogen-bond donors (Lipinski definition) is 1. The van der Waals surface area contributed by atoms with Gasteiger partial charge in [0.15, 0.2) is 0 Å². The van der Waals surface area contributed by atoms with Gasteiger partial charge in [-0.25, -0.2) is 9.64 Å². The minimum Gasteiger partial charge on any atom is -0.477 e. The van der Waals surface area contributed by atoms with Crippen LogP contribution in [0.15, 0.2) is 41.8 Å². The first-order valence-corrected chi connectivity index (χ1v) is 7.87. The zero-order chi connectivity index (χ0) is 16.6. The topological polar surface area (TPSA) is 46.6 Å². The second-order valence-corrected chi connectivity index (χ2v) is 6.14. The summed E-state index contributed by atoms with van der Waals surface area (Å²) >= 11 is 1.65. The molecule has 3 rings (SSSR count). The number of aromatic nitrogens is 1. The molecule has 0 aliphatic rings. The van der Waals surface area contributed by atoms with Crippen molar-refractivity contribution in [3.05, 3.63) is 64.6 Å². The highest BCUT2D eigenvalue weighted by molar-refractivity contribution is 7.13. The average molecular weight is 322 g/mol. The minimum atomic E-state index is -1.03. The van der Waals surface area contributed by atoms with Crippen LogP contribution < -0.4 is 0 Å². The van der Waals surface area contributed by atoms with Gasteiger partial charge in [0, 0.05) is 23.2 Å². The van der Waals surface area contributed by atoms with Gasteiger partial charge in [-0.15, -0.1) is 11.3 Å². The molecule has 0 spiro atoms. The lowest BCUT2D eigenvalue weighted by molar-refractivity contribution is 0.0687. The van der Waals surface area contributed by atoms with Crippen molar-refractivity contribution in [1.82, 2.24) is 4.57 Å². The molecular formula is C18H14N2O2S. The van der Waals surface area contributed by atoms with Crippen LogP contribution in [0.4, 0.5) is 5.69 Å². The maximum atomic E-state index is 11.6. The third-order valence-electron chi connectivity index (χ3n) is 3.95. The molecule has 5 heteroatoms. The summed E-state index contributed by atoms with van der Waals surface area (Å²) in [7, 11) is 1.68. The molecule has 0 amide bonds. The highest BCUT2D eigenvalue weighted by Crippen LogP contribution is 2.39. The molecule has 0 radical (unpaired) electrons. The van der Waals surface area contributed by atoms with E-state index in [1.165, 1.54) is 0 Å². The molecule has 0 saturated heterocycles. The number of nitrogens with zero attached hydrogens (tertiary/aromatic N) is 2. The van der Waals surface area contributed by atoms with Gasteiger partial charge in [-0.05, 0) is 29.5 Å². The van der Waals surface area contributed by atoms with Crippen LogP contribution in [0.25, 0.3) is 26.4 Å². The SMILES string of the molecule is [C-]#[N+]c1c(-c2ccc(-c3cccs3)cc2)c(C(=O)O)n(C)c1C. The van der Waals surface area contributed by atoms with Crippen molar-refractivity contribution in [3.8, 4) is 21.6 Å². The van der Waals surface area contributed by atoms with Crippen molar-refractivity contribution >= 4 is 23.0 Å². The predicted molar refractivity (Wildman–Crippen MR) is 92.1 cm³/mol. The molecule has 4 nitrogen and oxygen atoms in total. The zero-order valence-corrected chi connectivity index (χ0v) is 13.5. The second kappa shape index (κ2) is 5.75. The minimum absolute atomic E-state index is 0.150. The molecule has 3 aromatic rings. The van der Waals surface area contributed by atoms with Crippen LogP contribution in [0.2, 0.25) is 0 Å². The van der Waals surface area contributed by atoms with Gasteiger partial charge in [0.1, 0.15) is 5.69 Å². The number of carbonyl (C=O) groups is 1. The lowest BCUT2D eigenvalue weighted by Gasteiger charge is -2.06. The lowest BCUT2D eigenvalue weighted by atomic mass is 10.0. The Morgan fingerprint density at radius 1 is 1.22 bits per heavy atom. The standard InChI is InChI=1S/C18H14N2O2S/c1-11-16(19-2)15(17(18(21)22)20(11)3)13-8-6-12(7-9-13)14-5-4-10-23-14/h4-10H,1,3H3,(H,21,22). The first kappa shape index (κ1) is 15.1. The monoisotopic (exact) mass is 322 g/mol. The Kier molecular flexibility index (Phi) is 3.77. The van der Waals surface area contributed by atoms with Crippen LogP contribution in [0, 0.1) is 13.5 Å². The van der Waals surface area contributed by atoms with Gasteiger partial charge < -0.3 is 9.67 Å². The van der Waals surface area contributed by atoms with E-state index in [0.717, 1.165) is 16.0 Å². The Morgan fingerprint density at radius 3 is 2.39 bits per heavy atom. The van der Waals surface area contributed by atoms with Gasteiger partial charge in [0.05, 0.1) is 6.57 Å². The number of aromatic carboxylic acids is 1. The number of carboxylic acid groups (broad SMARTS) is 1. The molecule has 1 N–H and O–H groups in total. The Labute approximate surface area is 138 Å². The van der Waals surface area contributed by atoms with Gasteiger partial charge in [-0.2, -0.15) is 0 Å². The third-order valence-corrected chi connectivity index (χ3v) is 4.87. The Morgan fingerprint density at radius 2 is 1.87 bits per heavy atom. The smallest absolute Gasteiger partial charge is 0.351 e. The van der Waals surface area contributed by atoms with E-state index < -0.39 is 5.97 Å². The van der Waals surface area contributed by atoms with Gasteiger partial charge >= 0.3 is 5.97 Å². The van der Waals surface area contributed by atoms with E-state index in [4.69, 9.17) is 6.57 Å². The van der Waals surface area contributed by atoms with Crippen LogP contribution in [-0.4, -0.2) is 15.6 Å². The maximum Gasteiger partial charge on any atom is 0.351 e. The summed E-state index contributed by atoms with van der Waals surface area (Å²) in [5.41, 5.74) is 3.53. The van der Waals surface area contributed by atoms with Gasteiger partial charge in [0.2, 0.25) is 5.69 Å². The van der Waals surface area contributed by atoms with E-state index in [2.05, 4.69) is 4.85 Å². The van der Waals surface area contributed by atoms with Crippen molar-refractivity contribution in [3.63, 3.8) is 0 Å². The quantitative estimate of drug-likeness (QED) is 0.691. The molecule has 0 atom stereocenters. The number of carboxylic acids is 1. The predicted octanol–water partition coefficient (Wildman–Crippen LogP) is 4.98. The van der Waals surface area contributed by atoms with Crippen molar-refractivity contribution in [2.45, 2.75) is 6.92 Å². The number of rotatable bonds is 3. The fourth-order valence-electron chi connectivity index (χ4n) is 2.69. The molecule has 2 heterocycles. The summed E-state index contributed by atoms with van der Waals surface area (Å²) in [4.78, 5) is 16.3. The van der Waals surface area contributed by atoms with Crippen LogP contribution in [0.3, 0.4) is 0 Å². The molecule has 23 heavy (non-hydrogen) atoms. The van der Waals surface area contributed by atoms with E-state index in [0.29, 0.717) is 16.9 Å². The largest absolute Gasteiger partial charge is 0.477 e. The molecule has 114 valence electrons. The van der Waals surface area contributed by atoms with E-state index in [-0.39, 0.29) is 5.69 Å². The van der Waals surface area contributed by atoms with Crippen LogP contribution in [0.1, 0.15) is 16.2 Å². The highest BCUT2D eigenvalue weighted by Gasteiger charge is 2.24. The van der Waals surface area contributed by atoms with Crippen LogP contribution in [-0.2, 0) is 7.05 Å².